The van der Waals surface area contributed by atoms with Crippen LogP contribution in [0.2, 0.25) is 0 Å². The first-order valence-electron chi connectivity index (χ1n) is 2.81. The van der Waals surface area contributed by atoms with E-state index in [9.17, 15) is 0 Å². The molecule has 0 saturated heterocycles. The van der Waals surface area contributed by atoms with Gasteiger partial charge in [0.2, 0.25) is 0 Å². The summed E-state index contributed by atoms with van der Waals surface area (Å²) in [6.45, 7) is 5.88. The van der Waals surface area contributed by atoms with Crippen LogP contribution in [0.4, 0.5) is 0 Å². The molecule has 4 heteroatoms. The Morgan fingerprint density at radius 2 is 2.11 bits per heavy atom. The Morgan fingerprint density at radius 3 is 2.22 bits per heavy atom. The smallest absolute Gasteiger partial charge is 0.198 e. The van der Waals surface area contributed by atoms with E-state index in [0.29, 0.717) is 3.95 Å². The molecule has 0 unspecified atom stereocenters. The molecule has 1 N–H and O–H groups in total. The van der Waals surface area contributed by atoms with Gasteiger partial charge < -0.3 is 0 Å². The maximum atomic E-state index is 4.71. The van der Waals surface area contributed by atoms with Crippen LogP contribution in [0.1, 0.15) is 19.7 Å². The molecule has 0 atom stereocenters. The van der Waals surface area contributed by atoms with Crippen molar-refractivity contribution in [2.24, 2.45) is 0 Å². The number of nitrogens with one attached hydrogen (secondary N) is 1. The Bertz CT molecular complexity index is 201. The van der Waals surface area contributed by atoms with Crippen LogP contribution in [0.3, 0.4) is 0 Å². The van der Waals surface area contributed by atoms with Crippen LogP contribution in [0.15, 0.2) is 0 Å². The molecule has 0 aliphatic carbocycles. The molecule has 1 rings (SSSR count). The number of aryl methyl sites for hydroxylation is 1. The van der Waals surface area contributed by atoms with Gasteiger partial charge in [0.15, 0.2) is 3.95 Å². The monoisotopic (exact) mass is 162 g/mol. The lowest BCUT2D eigenvalue weighted by atomic mass is 10.8. The number of H-pyrrole nitrogens is 1. The highest BCUT2D eigenvalue weighted by Gasteiger charge is 1.81. The summed E-state index contributed by atoms with van der Waals surface area (Å²) in [6, 6.07) is 0. The number of nitrogens with zero attached hydrogens (tertiary/aromatic N) is 1. The van der Waals surface area contributed by atoms with Crippen molar-refractivity contribution in [2.75, 3.05) is 0 Å². The average Bonchev–Trinajstić information content (AvgIpc) is 2.20. The molecule has 52 valence electrons. The van der Waals surface area contributed by atoms with E-state index >= 15 is 0 Å². The Kier molecular flexibility index (Phi) is 4.53. The molecule has 0 amide bonds. The first-order valence-corrected chi connectivity index (χ1v) is 4.03. The third-order valence-electron chi connectivity index (χ3n) is 0.545. The third kappa shape index (κ3) is 3.37. The summed E-state index contributed by atoms with van der Waals surface area (Å²) in [5, 5.41) is 0. The van der Waals surface area contributed by atoms with Crippen molar-refractivity contribution in [3.05, 3.63) is 9.78 Å². The first-order chi connectivity index (χ1) is 4.29. The number of aromatic amines is 1. The molecular formula is C5H10N2S2. The van der Waals surface area contributed by atoms with Gasteiger partial charge >= 0.3 is 0 Å². The molecule has 0 fully saturated rings. The van der Waals surface area contributed by atoms with Gasteiger partial charge in [-0.15, -0.1) is 0 Å². The van der Waals surface area contributed by atoms with Gasteiger partial charge in [0.05, 0.1) is 0 Å². The van der Waals surface area contributed by atoms with Crippen LogP contribution in [0.25, 0.3) is 0 Å². The molecule has 1 aromatic heterocycles. The summed E-state index contributed by atoms with van der Waals surface area (Å²) in [4.78, 5) is 3.89. The standard InChI is InChI=1S/C3H4N2S2.C2H6/c1-2-4-3(6)7-5-2;1-2/h1H3,(H,4,5,6);1-2H3. The van der Waals surface area contributed by atoms with Gasteiger partial charge in [-0.1, -0.05) is 13.8 Å². The lowest BCUT2D eigenvalue weighted by Gasteiger charge is -1.66. The molecular weight excluding hydrogens is 152 g/mol. The zero-order valence-corrected chi connectivity index (χ0v) is 7.40. The molecule has 0 bridgehead atoms. The molecule has 0 aromatic carbocycles. The van der Waals surface area contributed by atoms with Crippen LogP contribution in [0.5, 0.6) is 0 Å². The molecule has 0 saturated carbocycles. The van der Waals surface area contributed by atoms with Gasteiger partial charge in [-0.3, -0.25) is 4.37 Å². The van der Waals surface area contributed by atoms with Gasteiger partial charge in [0.25, 0.3) is 0 Å². The highest BCUT2D eigenvalue weighted by molar-refractivity contribution is 7.73. The van der Waals surface area contributed by atoms with E-state index < -0.39 is 0 Å². The van der Waals surface area contributed by atoms with E-state index in [-0.39, 0.29) is 0 Å². The van der Waals surface area contributed by atoms with Gasteiger partial charge in [-0.2, -0.15) is 0 Å². The number of aromatic nitrogens is 2. The van der Waals surface area contributed by atoms with E-state index in [0.717, 1.165) is 5.82 Å². The second-order valence-corrected chi connectivity index (χ2v) is 2.61. The van der Waals surface area contributed by atoms with Crippen LogP contribution in [-0.4, -0.2) is 9.36 Å². The third-order valence-corrected chi connectivity index (χ3v) is 1.55. The molecule has 9 heavy (non-hydrogen) atoms. The van der Waals surface area contributed by atoms with Crippen molar-refractivity contribution >= 4 is 23.8 Å². The Balaban J connectivity index is 0.000000291. The largest absolute Gasteiger partial charge is 0.297 e. The van der Waals surface area contributed by atoms with Gasteiger partial charge in [-0.05, 0) is 30.7 Å². The zero-order valence-electron chi connectivity index (χ0n) is 5.76. The normalized spacial score (nSPS) is 7.89. The number of rotatable bonds is 0. The average molecular weight is 162 g/mol. The van der Waals surface area contributed by atoms with E-state index in [1.165, 1.54) is 11.5 Å². The lowest BCUT2D eigenvalue weighted by molar-refractivity contribution is 1.16. The Labute approximate surface area is 64.1 Å². The fourth-order valence-electron chi connectivity index (χ4n) is 0.300. The predicted octanol–water partition coefficient (Wildman–Crippen LogP) is 2.54. The first kappa shape index (κ1) is 8.78. The predicted molar refractivity (Wildman–Crippen MR) is 43.4 cm³/mol. The maximum Gasteiger partial charge on any atom is 0.198 e. The lowest BCUT2D eigenvalue weighted by Crippen LogP contribution is -1.67. The topological polar surface area (TPSA) is 28.7 Å². The number of hydrogen-bond donors (Lipinski definition) is 1. The zero-order chi connectivity index (χ0) is 7.28. The van der Waals surface area contributed by atoms with E-state index in [1.54, 1.807) is 0 Å². The molecule has 0 spiro atoms. The molecule has 0 aliphatic heterocycles. The second-order valence-electron chi connectivity index (χ2n) is 1.17. The van der Waals surface area contributed by atoms with Crippen molar-refractivity contribution in [1.82, 2.24) is 9.36 Å². The summed E-state index contributed by atoms with van der Waals surface area (Å²) < 4.78 is 3.57. The molecule has 0 aliphatic rings. The maximum absolute atomic E-state index is 4.71. The summed E-state index contributed by atoms with van der Waals surface area (Å²) in [5.41, 5.74) is 0. The summed E-state index contributed by atoms with van der Waals surface area (Å²) in [6.07, 6.45) is 0. The summed E-state index contributed by atoms with van der Waals surface area (Å²) >= 11 is 6.09. The molecule has 1 heterocycles. The SMILES string of the molecule is CC.Cc1nc(=S)s[nH]1. The minimum Gasteiger partial charge on any atom is -0.297 e. The molecule has 2 nitrogen and oxygen atoms in total. The van der Waals surface area contributed by atoms with Crippen molar-refractivity contribution in [3.8, 4) is 0 Å². The highest BCUT2D eigenvalue weighted by atomic mass is 32.2. The second kappa shape index (κ2) is 4.64. The Morgan fingerprint density at radius 1 is 1.56 bits per heavy atom. The van der Waals surface area contributed by atoms with Gasteiger partial charge in [0.1, 0.15) is 5.82 Å². The van der Waals surface area contributed by atoms with Crippen molar-refractivity contribution < 1.29 is 0 Å². The Hall–Kier alpha value is -0.220. The molecule has 1 aromatic rings. The van der Waals surface area contributed by atoms with E-state index in [4.69, 9.17) is 12.2 Å². The van der Waals surface area contributed by atoms with Crippen molar-refractivity contribution in [3.63, 3.8) is 0 Å². The van der Waals surface area contributed by atoms with E-state index in [1.807, 2.05) is 20.8 Å². The van der Waals surface area contributed by atoms with Crippen molar-refractivity contribution in [1.29, 1.82) is 0 Å². The number of hydrogen-bond acceptors (Lipinski definition) is 3. The van der Waals surface area contributed by atoms with Crippen LogP contribution in [0, 0.1) is 10.9 Å². The molecule has 0 radical (unpaired) electrons. The van der Waals surface area contributed by atoms with Gasteiger partial charge in [0, 0.05) is 0 Å². The van der Waals surface area contributed by atoms with E-state index in [2.05, 4.69) is 9.36 Å². The van der Waals surface area contributed by atoms with Crippen LogP contribution < -0.4 is 0 Å². The van der Waals surface area contributed by atoms with Crippen LogP contribution >= 0.6 is 23.8 Å². The fraction of sp³-hybridized carbons (Fsp3) is 0.600. The summed E-state index contributed by atoms with van der Waals surface area (Å²) in [7, 11) is 0. The fourth-order valence-corrected chi connectivity index (χ4v) is 1.03. The van der Waals surface area contributed by atoms with Crippen LogP contribution in [-0.2, 0) is 0 Å². The van der Waals surface area contributed by atoms with Crippen molar-refractivity contribution in [2.45, 2.75) is 20.8 Å². The highest BCUT2D eigenvalue weighted by Crippen LogP contribution is 1.93. The minimum atomic E-state index is 0.678. The summed E-state index contributed by atoms with van der Waals surface area (Å²) in [5.74, 6) is 0.898. The van der Waals surface area contributed by atoms with Gasteiger partial charge in [-0.25, -0.2) is 4.98 Å². The minimum absolute atomic E-state index is 0.678. The quantitative estimate of drug-likeness (QED) is 0.594.